The summed E-state index contributed by atoms with van der Waals surface area (Å²) in [6.07, 6.45) is 0.482. The van der Waals surface area contributed by atoms with Crippen LogP contribution >= 0.6 is 0 Å². The van der Waals surface area contributed by atoms with Crippen LogP contribution in [0.1, 0.15) is 27.2 Å². The lowest BCUT2D eigenvalue weighted by molar-refractivity contribution is -0.142. The molecule has 1 aliphatic rings. The van der Waals surface area contributed by atoms with Crippen molar-refractivity contribution in [3.05, 3.63) is 0 Å². The Morgan fingerprint density at radius 3 is 2.56 bits per heavy atom. The van der Waals surface area contributed by atoms with Crippen molar-refractivity contribution >= 4 is 5.97 Å². The van der Waals surface area contributed by atoms with E-state index in [0.717, 1.165) is 19.6 Å². The van der Waals surface area contributed by atoms with Crippen LogP contribution in [0.4, 0.5) is 0 Å². The van der Waals surface area contributed by atoms with E-state index in [4.69, 9.17) is 4.74 Å². The summed E-state index contributed by atoms with van der Waals surface area (Å²) < 4.78 is 4.71. The van der Waals surface area contributed by atoms with Crippen LogP contribution in [0, 0.1) is 0 Å². The van der Waals surface area contributed by atoms with Crippen molar-refractivity contribution in [2.24, 2.45) is 0 Å². The number of likely N-dealkylation sites (N-methyl/N-ethyl adjacent to an activating group) is 1. The number of nitrogens with zero attached hydrogens (tertiary/aromatic N) is 2. The van der Waals surface area contributed by atoms with E-state index < -0.39 is 0 Å². The Morgan fingerprint density at radius 1 is 1.44 bits per heavy atom. The average Bonchev–Trinajstić information content (AvgIpc) is 2.21. The molecule has 0 aromatic rings. The van der Waals surface area contributed by atoms with E-state index in [0.29, 0.717) is 6.42 Å². The average molecular weight is 228 g/mol. The summed E-state index contributed by atoms with van der Waals surface area (Å²) in [5.74, 6) is -0.121. The van der Waals surface area contributed by atoms with Gasteiger partial charge in [0.15, 0.2) is 0 Å². The molecule has 1 aliphatic heterocycles. The Morgan fingerprint density at radius 2 is 2.06 bits per heavy atom. The molecule has 4 heteroatoms. The normalized spacial score (nSPS) is 24.1. The van der Waals surface area contributed by atoms with E-state index in [9.17, 15) is 4.79 Å². The second-order valence-corrected chi connectivity index (χ2v) is 5.33. The number of carbonyl (C=O) groups is 1. The highest BCUT2D eigenvalue weighted by Crippen LogP contribution is 2.21. The van der Waals surface area contributed by atoms with E-state index in [2.05, 4.69) is 37.6 Å². The lowest BCUT2D eigenvalue weighted by Crippen LogP contribution is -2.59. The molecular formula is C12H24N2O2. The second-order valence-electron chi connectivity index (χ2n) is 5.33. The van der Waals surface area contributed by atoms with Gasteiger partial charge >= 0.3 is 5.97 Å². The van der Waals surface area contributed by atoms with E-state index in [1.807, 2.05) is 0 Å². The van der Waals surface area contributed by atoms with Gasteiger partial charge in [0, 0.05) is 31.2 Å². The summed E-state index contributed by atoms with van der Waals surface area (Å²) in [5, 5.41) is 0. The van der Waals surface area contributed by atoms with Crippen LogP contribution in [-0.2, 0) is 9.53 Å². The number of esters is 1. The summed E-state index contributed by atoms with van der Waals surface area (Å²) in [6.45, 7) is 9.66. The van der Waals surface area contributed by atoms with Crippen LogP contribution in [0.3, 0.4) is 0 Å². The van der Waals surface area contributed by atoms with Crippen LogP contribution in [0.25, 0.3) is 0 Å². The van der Waals surface area contributed by atoms with Gasteiger partial charge in [0.1, 0.15) is 0 Å². The summed E-state index contributed by atoms with van der Waals surface area (Å²) in [5.41, 5.74) is 0.183. The Labute approximate surface area is 98.5 Å². The van der Waals surface area contributed by atoms with Gasteiger partial charge in [-0.15, -0.1) is 0 Å². The molecular weight excluding hydrogens is 204 g/mol. The molecule has 1 unspecified atom stereocenters. The van der Waals surface area contributed by atoms with Gasteiger partial charge in [-0.1, -0.05) is 0 Å². The molecule has 16 heavy (non-hydrogen) atoms. The second kappa shape index (κ2) is 5.15. The van der Waals surface area contributed by atoms with Crippen molar-refractivity contribution < 1.29 is 9.53 Å². The molecule has 0 spiro atoms. The maximum absolute atomic E-state index is 11.2. The number of piperazine rings is 1. The monoisotopic (exact) mass is 228 g/mol. The molecule has 1 fully saturated rings. The van der Waals surface area contributed by atoms with E-state index in [1.54, 1.807) is 0 Å². The van der Waals surface area contributed by atoms with Crippen LogP contribution in [0.2, 0.25) is 0 Å². The molecule has 0 radical (unpaired) electrons. The third-order valence-electron chi connectivity index (χ3n) is 3.66. The summed E-state index contributed by atoms with van der Waals surface area (Å²) >= 11 is 0. The van der Waals surface area contributed by atoms with Gasteiger partial charge in [0.2, 0.25) is 0 Å². The minimum Gasteiger partial charge on any atom is -0.469 e. The molecule has 0 bridgehead atoms. The highest BCUT2D eigenvalue weighted by molar-refractivity contribution is 5.69. The highest BCUT2D eigenvalue weighted by Gasteiger charge is 2.33. The minimum absolute atomic E-state index is 0.121. The molecule has 1 atom stereocenters. The first-order chi connectivity index (χ1) is 7.36. The van der Waals surface area contributed by atoms with Crippen LogP contribution in [0.5, 0.6) is 0 Å². The fraction of sp³-hybridized carbons (Fsp3) is 0.917. The first kappa shape index (κ1) is 13.5. The smallest absolute Gasteiger partial charge is 0.307 e. The van der Waals surface area contributed by atoms with Gasteiger partial charge in [-0.3, -0.25) is 14.6 Å². The molecule has 0 aromatic carbocycles. The first-order valence-corrected chi connectivity index (χ1v) is 5.89. The highest BCUT2D eigenvalue weighted by atomic mass is 16.5. The lowest BCUT2D eigenvalue weighted by atomic mass is 9.98. The van der Waals surface area contributed by atoms with Crippen molar-refractivity contribution in [2.45, 2.75) is 38.8 Å². The quantitative estimate of drug-likeness (QED) is 0.674. The molecule has 0 saturated carbocycles. The van der Waals surface area contributed by atoms with Crippen molar-refractivity contribution in [3.8, 4) is 0 Å². The lowest BCUT2D eigenvalue weighted by Gasteiger charge is -2.47. The topological polar surface area (TPSA) is 32.8 Å². The third kappa shape index (κ3) is 3.19. The van der Waals surface area contributed by atoms with E-state index >= 15 is 0 Å². The minimum atomic E-state index is -0.121. The van der Waals surface area contributed by atoms with Gasteiger partial charge in [0.05, 0.1) is 13.5 Å². The number of methoxy groups -OCH3 is 1. The standard InChI is InChI=1S/C12H24N2O2/c1-10(8-11(15)16-5)14-7-6-13(4)12(2,3)9-14/h10H,6-9H2,1-5H3. The molecule has 0 aliphatic carbocycles. The van der Waals surface area contributed by atoms with Gasteiger partial charge < -0.3 is 4.74 Å². The maximum atomic E-state index is 11.2. The summed E-state index contributed by atoms with van der Waals surface area (Å²) in [6, 6.07) is 0.264. The number of rotatable bonds is 3. The predicted molar refractivity (Wildman–Crippen MR) is 64.4 cm³/mol. The molecule has 4 nitrogen and oxygen atoms in total. The van der Waals surface area contributed by atoms with Crippen molar-refractivity contribution in [2.75, 3.05) is 33.8 Å². The molecule has 1 heterocycles. The number of hydrogen-bond acceptors (Lipinski definition) is 4. The Kier molecular flexibility index (Phi) is 4.33. The van der Waals surface area contributed by atoms with Gasteiger partial charge in [-0.2, -0.15) is 0 Å². The fourth-order valence-electron chi connectivity index (χ4n) is 2.11. The molecule has 94 valence electrons. The van der Waals surface area contributed by atoms with Crippen molar-refractivity contribution in [3.63, 3.8) is 0 Å². The van der Waals surface area contributed by atoms with Gasteiger partial charge in [0.25, 0.3) is 0 Å². The zero-order valence-corrected chi connectivity index (χ0v) is 11.1. The number of ether oxygens (including phenoxy) is 1. The first-order valence-electron chi connectivity index (χ1n) is 5.89. The van der Waals surface area contributed by atoms with Gasteiger partial charge in [-0.25, -0.2) is 0 Å². The zero-order valence-electron chi connectivity index (χ0n) is 11.1. The third-order valence-corrected chi connectivity index (χ3v) is 3.66. The van der Waals surface area contributed by atoms with Crippen LogP contribution in [0.15, 0.2) is 0 Å². The van der Waals surface area contributed by atoms with Gasteiger partial charge in [-0.05, 0) is 27.8 Å². The molecule has 1 rings (SSSR count). The molecule has 0 amide bonds. The number of hydrogen-bond donors (Lipinski definition) is 0. The van der Waals surface area contributed by atoms with E-state index in [-0.39, 0.29) is 17.6 Å². The molecule has 0 N–H and O–H groups in total. The Balaban J connectivity index is 2.52. The molecule has 0 aromatic heterocycles. The largest absolute Gasteiger partial charge is 0.469 e. The maximum Gasteiger partial charge on any atom is 0.307 e. The Bertz CT molecular complexity index is 253. The van der Waals surface area contributed by atoms with Crippen LogP contribution in [-0.4, -0.2) is 61.1 Å². The predicted octanol–water partition coefficient (Wildman–Crippen LogP) is 0.964. The number of carbonyl (C=O) groups excluding carboxylic acids is 1. The van der Waals surface area contributed by atoms with Crippen molar-refractivity contribution in [1.29, 1.82) is 0 Å². The molecule has 1 saturated heterocycles. The van der Waals surface area contributed by atoms with Crippen molar-refractivity contribution in [1.82, 2.24) is 9.80 Å². The Hall–Kier alpha value is -0.610. The fourth-order valence-corrected chi connectivity index (χ4v) is 2.11. The summed E-state index contributed by atoms with van der Waals surface area (Å²) in [7, 11) is 3.60. The SMILES string of the molecule is COC(=O)CC(C)N1CCN(C)C(C)(C)C1. The van der Waals surface area contributed by atoms with Crippen LogP contribution < -0.4 is 0 Å². The van der Waals surface area contributed by atoms with E-state index in [1.165, 1.54) is 7.11 Å². The summed E-state index contributed by atoms with van der Waals surface area (Å²) in [4.78, 5) is 16.0. The zero-order chi connectivity index (χ0) is 12.3.